The molecule has 21 heavy (non-hydrogen) atoms. The van der Waals surface area contributed by atoms with E-state index in [0.29, 0.717) is 11.0 Å². The van der Waals surface area contributed by atoms with Crippen molar-refractivity contribution in [3.63, 3.8) is 0 Å². The van der Waals surface area contributed by atoms with Crippen molar-refractivity contribution >= 4 is 5.91 Å². The van der Waals surface area contributed by atoms with E-state index in [2.05, 4.69) is 9.97 Å². The van der Waals surface area contributed by atoms with E-state index >= 15 is 0 Å². The summed E-state index contributed by atoms with van der Waals surface area (Å²) < 4.78 is 0. The Morgan fingerprint density at radius 3 is 2.76 bits per heavy atom. The third-order valence-corrected chi connectivity index (χ3v) is 5.19. The van der Waals surface area contributed by atoms with E-state index in [1.165, 1.54) is 38.5 Å². The molecular weight excluding hydrogens is 262 g/mol. The monoisotopic (exact) mass is 287 g/mol. The minimum absolute atomic E-state index is 0.134. The van der Waals surface area contributed by atoms with Crippen molar-refractivity contribution in [3.8, 4) is 0 Å². The summed E-state index contributed by atoms with van der Waals surface area (Å²) in [5, 5.41) is 0. The van der Waals surface area contributed by atoms with Gasteiger partial charge < -0.3 is 4.90 Å². The Morgan fingerprint density at radius 1 is 1.29 bits per heavy atom. The van der Waals surface area contributed by atoms with Gasteiger partial charge in [-0.2, -0.15) is 0 Å². The van der Waals surface area contributed by atoms with Crippen molar-refractivity contribution in [2.45, 2.75) is 58.8 Å². The minimum Gasteiger partial charge on any atom is -0.338 e. The average Bonchev–Trinajstić information content (AvgIpc) is 2.91. The summed E-state index contributed by atoms with van der Waals surface area (Å²) in [6.07, 6.45) is 10.3. The molecule has 1 amide bonds. The van der Waals surface area contributed by atoms with Gasteiger partial charge in [0.2, 0.25) is 0 Å². The van der Waals surface area contributed by atoms with Gasteiger partial charge in [0, 0.05) is 19.3 Å². The van der Waals surface area contributed by atoms with Crippen LogP contribution in [0.5, 0.6) is 0 Å². The van der Waals surface area contributed by atoms with Crippen molar-refractivity contribution in [3.05, 3.63) is 23.3 Å². The van der Waals surface area contributed by atoms with Gasteiger partial charge in [0.1, 0.15) is 5.82 Å². The standard InChI is InChI=1S/C17H25N3O/c1-3-15-14(11-18-13(2)19-15)16(21)20-10-9-17(12-20)7-5-4-6-8-17/h11H,3-10,12H2,1-2H3. The quantitative estimate of drug-likeness (QED) is 0.839. The van der Waals surface area contributed by atoms with Gasteiger partial charge in [-0.25, -0.2) is 9.97 Å². The molecule has 1 aromatic heterocycles. The summed E-state index contributed by atoms with van der Waals surface area (Å²) in [6, 6.07) is 0. The highest BCUT2D eigenvalue weighted by Gasteiger charge is 2.40. The number of likely N-dealkylation sites (tertiary alicyclic amines) is 1. The molecule has 1 aliphatic carbocycles. The van der Waals surface area contributed by atoms with Gasteiger partial charge in [-0.3, -0.25) is 4.79 Å². The molecule has 1 spiro atoms. The van der Waals surface area contributed by atoms with Gasteiger partial charge in [0.05, 0.1) is 11.3 Å². The Morgan fingerprint density at radius 2 is 2.05 bits per heavy atom. The molecule has 2 fully saturated rings. The van der Waals surface area contributed by atoms with Gasteiger partial charge >= 0.3 is 0 Å². The number of rotatable bonds is 2. The molecule has 3 rings (SSSR count). The Balaban J connectivity index is 1.77. The van der Waals surface area contributed by atoms with Crippen LogP contribution in [-0.2, 0) is 6.42 Å². The summed E-state index contributed by atoms with van der Waals surface area (Å²) in [5.41, 5.74) is 2.00. The maximum atomic E-state index is 12.8. The van der Waals surface area contributed by atoms with Crippen molar-refractivity contribution in [2.75, 3.05) is 13.1 Å². The molecule has 4 nitrogen and oxygen atoms in total. The molecule has 0 radical (unpaired) electrons. The molecule has 0 unspecified atom stereocenters. The maximum absolute atomic E-state index is 12.8. The molecule has 0 N–H and O–H groups in total. The lowest BCUT2D eigenvalue weighted by atomic mass is 9.73. The molecule has 2 heterocycles. The number of hydrogen-bond acceptors (Lipinski definition) is 3. The summed E-state index contributed by atoms with van der Waals surface area (Å²) >= 11 is 0. The molecule has 4 heteroatoms. The van der Waals surface area contributed by atoms with E-state index in [0.717, 1.165) is 31.0 Å². The summed E-state index contributed by atoms with van der Waals surface area (Å²) in [4.78, 5) is 23.5. The number of aryl methyl sites for hydroxylation is 2. The summed E-state index contributed by atoms with van der Waals surface area (Å²) in [5.74, 6) is 0.878. The molecule has 0 atom stereocenters. The molecule has 2 aliphatic rings. The van der Waals surface area contributed by atoms with Crippen LogP contribution in [0.15, 0.2) is 6.20 Å². The van der Waals surface area contributed by atoms with Gasteiger partial charge in [0.15, 0.2) is 0 Å². The summed E-state index contributed by atoms with van der Waals surface area (Å²) in [6.45, 7) is 5.75. The van der Waals surface area contributed by atoms with Crippen LogP contribution in [0.2, 0.25) is 0 Å². The van der Waals surface area contributed by atoms with Crippen LogP contribution in [0.3, 0.4) is 0 Å². The highest BCUT2D eigenvalue weighted by molar-refractivity contribution is 5.95. The predicted octanol–water partition coefficient (Wildman–Crippen LogP) is 3.14. The Hall–Kier alpha value is -1.45. The number of hydrogen-bond donors (Lipinski definition) is 0. The number of aromatic nitrogens is 2. The van der Waals surface area contributed by atoms with Crippen molar-refractivity contribution in [1.29, 1.82) is 0 Å². The van der Waals surface area contributed by atoms with E-state index in [9.17, 15) is 4.79 Å². The van der Waals surface area contributed by atoms with Crippen molar-refractivity contribution in [1.82, 2.24) is 14.9 Å². The summed E-state index contributed by atoms with van der Waals surface area (Å²) in [7, 11) is 0. The van der Waals surface area contributed by atoms with Crippen LogP contribution < -0.4 is 0 Å². The van der Waals surface area contributed by atoms with Gasteiger partial charge in [-0.05, 0) is 38.0 Å². The first-order valence-corrected chi connectivity index (χ1v) is 8.25. The van der Waals surface area contributed by atoms with Crippen LogP contribution in [0, 0.1) is 12.3 Å². The van der Waals surface area contributed by atoms with E-state index in [1.807, 2.05) is 18.7 Å². The zero-order valence-corrected chi connectivity index (χ0v) is 13.2. The smallest absolute Gasteiger partial charge is 0.257 e. The average molecular weight is 287 g/mol. The second-order valence-corrected chi connectivity index (χ2v) is 6.67. The number of amides is 1. The Labute approximate surface area is 127 Å². The van der Waals surface area contributed by atoms with E-state index in [1.54, 1.807) is 6.20 Å². The number of carbonyl (C=O) groups is 1. The van der Waals surface area contributed by atoms with Gasteiger partial charge in [-0.15, -0.1) is 0 Å². The lowest BCUT2D eigenvalue weighted by Gasteiger charge is -2.33. The molecule has 1 aromatic rings. The molecule has 114 valence electrons. The predicted molar refractivity (Wildman–Crippen MR) is 82.2 cm³/mol. The Bertz CT molecular complexity index is 535. The number of carbonyl (C=O) groups excluding carboxylic acids is 1. The zero-order valence-electron chi connectivity index (χ0n) is 13.2. The Kier molecular flexibility index (Phi) is 3.96. The third kappa shape index (κ3) is 2.81. The van der Waals surface area contributed by atoms with Gasteiger partial charge in [-0.1, -0.05) is 26.2 Å². The highest BCUT2D eigenvalue weighted by atomic mass is 16.2. The first-order chi connectivity index (χ1) is 10.1. The molecular formula is C17H25N3O. The van der Waals surface area contributed by atoms with E-state index in [-0.39, 0.29) is 5.91 Å². The van der Waals surface area contributed by atoms with E-state index in [4.69, 9.17) is 0 Å². The van der Waals surface area contributed by atoms with Crippen LogP contribution in [0.25, 0.3) is 0 Å². The van der Waals surface area contributed by atoms with E-state index < -0.39 is 0 Å². The van der Waals surface area contributed by atoms with Crippen molar-refractivity contribution < 1.29 is 4.79 Å². The maximum Gasteiger partial charge on any atom is 0.257 e. The fourth-order valence-electron chi connectivity index (χ4n) is 3.95. The molecule has 1 aliphatic heterocycles. The first-order valence-electron chi connectivity index (χ1n) is 8.25. The van der Waals surface area contributed by atoms with Crippen molar-refractivity contribution in [2.24, 2.45) is 5.41 Å². The normalized spacial score (nSPS) is 21.0. The molecule has 1 saturated heterocycles. The van der Waals surface area contributed by atoms with Gasteiger partial charge in [0.25, 0.3) is 5.91 Å². The third-order valence-electron chi connectivity index (χ3n) is 5.19. The zero-order chi connectivity index (χ0) is 14.9. The molecule has 0 aromatic carbocycles. The topological polar surface area (TPSA) is 46.1 Å². The fourth-order valence-corrected chi connectivity index (χ4v) is 3.95. The van der Waals surface area contributed by atoms with Crippen LogP contribution in [0.4, 0.5) is 0 Å². The highest BCUT2D eigenvalue weighted by Crippen LogP contribution is 2.43. The second-order valence-electron chi connectivity index (χ2n) is 6.67. The number of nitrogens with zero attached hydrogens (tertiary/aromatic N) is 3. The largest absolute Gasteiger partial charge is 0.338 e. The van der Waals surface area contributed by atoms with Crippen LogP contribution in [0.1, 0.15) is 67.3 Å². The SMILES string of the molecule is CCc1nc(C)ncc1C(=O)N1CCC2(CCCCC2)C1. The van der Waals surface area contributed by atoms with Crippen LogP contribution in [-0.4, -0.2) is 33.9 Å². The first kappa shape index (κ1) is 14.5. The lowest BCUT2D eigenvalue weighted by molar-refractivity contribution is 0.0757. The lowest BCUT2D eigenvalue weighted by Crippen LogP contribution is -2.34. The molecule has 1 saturated carbocycles. The second kappa shape index (κ2) is 5.74. The minimum atomic E-state index is 0.134. The van der Waals surface area contributed by atoms with Crippen LogP contribution >= 0.6 is 0 Å². The fraction of sp³-hybridized carbons (Fsp3) is 0.706. The molecule has 0 bridgehead atoms.